The molecule has 0 saturated carbocycles. The van der Waals surface area contributed by atoms with E-state index in [-0.39, 0.29) is 5.91 Å². The first-order chi connectivity index (χ1) is 14.6. The van der Waals surface area contributed by atoms with Crippen molar-refractivity contribution in [1.29, 1.82) is 0 Å². The summed E-state index contributed by atoms with van der Waals surface area (Å²) in [6.07, 6.45) is 3.37. The van der Waals surface area contributed by atoms with Crippen molar-refractivity contribution < 1.29 is 19.0 Å². The molecule has 3 rings (SSSR count). The molecular weight excluding hydrogens is 398 g/mol. The summed E-state index contributed by atoms with van der Waals surface area (Å²) in [5.41, 5.74) is 1.82. The second kappa shape index (κ2) is 10.5. The maximum Gasteiger partial charge on any atom is 0.247 e. The first kappa shape index (κ1) is 21.5. The van der Waals surface area contributed by atoms with Gasteiger partial charge in [-0.15, -0.1) is 11.3 Å². The van der Waals surface area contributed by atoms with Crippen molar-refractivity contribution in [3.8, 4) is 17.2 Å². The van der Waals surface area contributed by atoms with Crippen LogP contribution in [-0.2, 0) is 17.9 Å². The molecule has 0 spiro atoms. The highest BCUT2D eigenvalue weighted by atomic mass is 32.1. The summed E-state index contributed by atoms with van der Waals surface area (Å²) in [5, 5.41) is 2.01. The van der Waals surface area contributed by atoms with Crippen LogP contribution in [-0.4, -0.2) is 32.1 Å². The zero-order valence-corrected chi connectivity index (χ0v) is 18.1. The van der Waals surface area contributed by atoms with Crippen molar-refractivity contribution in [3.05, 3.63) is 82.1 Å². The molecule has 2 aromatic carbocycles. The molecule has 156 valence electrons. The first-order valence-electron chi connectivity index (χ1n) is 9.48. The van der Waals surface area contributed by atoms with Gasteiger partial charge in [0.15, 0.2) is 11.5 Å². The lowest BCUT2D eigenvalue weighted by molar-refractivity contribution is -0.127. The van der Waals surface area contributed by atoms with Crippen LogP contribution in [0.25, 0.3) is 6.08 Å². The van der Waals surface area contributed by atoms with Crippen molar-refractivity contribution in [2.75, 3.05) is 21.3 Å². The largest absolute Gasteiger partial charge is 0.496 e. The van der Waals surface area contributed by atoms with Gasteiger partial charge < -0.3 is 19.1 Å². The number of hydrogen-bond acceptors (Lipinski definition) is 5. The number of benzene rings is 2. The van der Waals surface area contributed by atoms with E-state index in [0.29, 0.717) is 24.6 Å². The quantitative estimate of drug-likeness (QED) is 0.454. The molecule has 30 heavy (non-hydrogen) atoms. The summed E-state index contributed by atoms with van der Waals surface area (Å²) < 4.78 is 16.1. The van der Waals surface area contributed by atoms with Crippen molar-refractivity contribution in [2.45, 2.75) is 13.1 Å². The van der Waals surface area contributed by atoms with Crippen LogP contribution in [0.2, 0.25) is 0 Å². The average Bonchev–Trinajstić information content (AvgIpc) is 3.30. The van der Waals surface area contributed by atoms with Gasteiger partial charge >= 0.3 is 0 Å². The molecule has 0 bridgehead atoms. The van der Waals surface area contributed by atoms with Gasteiger partial charge in [-0.25, -0.2) is 0 Å². The third-order valence-electron chi connectivity index (χ3n) is 4.62. The van der Waals surface area contributed by atoms with Crippen LogP contribution < -0.4 is 14.2 Å². The lowest BCUT2D eigenvalue weighted by Gasteiger charge is -2.22. The van der Waals surface area contributed by atoms with Crippen LogP contribution in [0.3, 0.4) is 0 Å². The number of methoxy groups -OCH3 is 3. The standard InChI is InChI=1S/C24H25NO4S/c1-27-21-9-5-4-7-19(21)16-25(17-20-8-6-14-30-20)24(26)13-11-18-10-12-22(28-2)23(15-18)29-3/h4-15H,16-17H2,1-3H3. The molecule has 1 amide bonds. The highest BCUT2D eigenvalue weighted by Gasteiger charge is 2.15. The topological polar surface area (TPSA) is 48.0 Å². The number of nitrogens with zero attached hydrogens (tertiary/aromatic N) is 1. The van der Waals surface area contributed by atoms with Gasteiger partial charge in [-0.05, 0) is 41.3 Å². The van der Waals surface area contributed by atoms with Gasteiger partial charge in [0.05, 0.1) is 27.9 Å². The second-order valence-electron chi connectivity index (χ2n) is 6.53. The summed E-state index contributed by atoms with van der Waals surface area (Å²) in [6.45, 7) is 0.988. The van der Waals surface area contributed by atoms with Crippen LogP contribution in [0.5, 0.6) is 17.2 Å². The Morgan fingerprint density at radius 1 is 0.900 bits per heavy atom. The van der Waals surface area contributed by atoms with Crippen molar-refractivity contribution >= 4 is 23.3 Å². The van der Waals surface area contributed by atoms with E-state index in [1.807, 2.05) is 60.0 Å². The van der Waals surface area contributed by atoms with E-state index in [1.54, 1.807) is 49.7 Å². The molecule has 5 nitrogen and oxygen atoms in total. The van der Waals surface area contributed by atoms with Gasteiger partial charge in [0.2, 0.25) is 5.91 Å². The Morgan fingerprint density at radius 3 is 2.37 bits per heavy atom. The van der Waals surface area contributed by atoms with E-state index in [1.165, 1.54) is 0 Å². The molecule has 0 aliphatic rings. The lowest BCUT2D eigenvalue weighted by atomic mass is 10.1. The second-order valence-corrected chi connectivity index (χ2v) is 7.57. The first-order valence-corrected chi connectivity index (χ1v) is 10.4. The third kappa shape index (κ3) is 5.42. The smallest absolute Gasteiger partial charge is 0.247 e. The number of amides is 1. The Labute approximate surface area is 181 Å². The maximum atomic E-state index is 13.1. The zero-order chi connectivity index (χ0) is 21.3. The molecule has 0 fully saturated rings. The lowest BCUT2D eigenvalue weighted by Crippen LogP contribution is -2.28. The Bertz CT molecular complexity index is 998. The minimum Gasteiger partial charge on any atom is -0.496 e. The molecule has 0 radical (unpaired) electrons. The van der Waals surface area contributed by atoms with Crippen LogP contribution in [0.4, 0.5) is 0 Å². The van der Waals surface area contributed by atoms with E-state index >= 15 is 0 Å². The molecule has 0 atom stereocenters. The minimum atomic E-state index is -0.0795. The third-order valence-corrected chi connectivity index (χ3v) is 5.48. The van der Waals surface area contributed by atoms with Crippen molar-refractivity contribution in [2.24, 2.45) is 0 Å². The number of carbonyl (C=O) groups is 1. The van der Waals surface area contributed by atoms with E-state index in [2.05, 4.69) is 0 Å². The minimum absolute atomic E-state index is 0.0795. The molecule has 0 saturated heterocycles. The molecule has 0 N–H and O–H groups in total. The van der Waals surface area contributed by atoms with E-state index in [4.69, 9.17) is 14.2 Å². The summed E-state index contributed by atoms with van der Waals surface area (Å²) in [4.78, 5) is 16.0. The fourth-order valence-electron chi connectivity index (χ4n) is 3.07. The van der Waals surface area contributed by atoms with Gasteiger partial charge in [-0.3, -0.25) is 4.79 Å². The number of carbonyl (C=O) groups excluding carboxylic acids is 1. The fourth-order valence-corrected chi connectivity index (χ4v) is 3.79. The fraction of sp³-hybridized carbons (Fsp3) is 0.208. The van der Waals surface area contributed by atoms with Crippen molar-refractivity contribution in [1.82, 2.24) is 4.90 Å². The van der Waals surface area contributed by atoms with E-state index in [0.717, 1.165) is 21.8 Å². The molecule has 3 aromatic rings. The summed E-state index contributed by atoms with van der Waals surface area (Å²) in [6, 6.07) is 17.3. The van der Waals surface area contributed by atoms with Gasteiger partial charge in [0, 0.05) is 23.1 Å². The van der Waals surface area contributed by atoms with Crippen LogP contribution >= 0.6 is 11.3 Å². The molecular formula is C24H25NO4S. The molecule has 0 aliphatic carbocycles. The normalized spacial score (nSPS) is 10.8. The Kier molecular flexibility index (Phi) is 7.51. The zero-order valence-electron chi connectivity index (χ0n) is 17.3. The molecule has 0 unspecified atom stereocenters. The Morgan fingerprint density at radius 2 is 1.67 bits per heavy atom. The van der Waals surface area contributed by atoms with Gasteiger partial charge in [-0.1, -0.05) is 30.3 Å². The highest BCUT2D eigenvalue weighted by Crippen LogP contribution is 2.28. The highest BCUT2D eigenvalue weighted by molar-refractivity contribution is 7.09. The van der Waals surface area contributed by atoms with Crippen LogP contribution in [0.1, 0.15) is 16.0 Å². The molecule has 1 aromatic heterocycles. The number of rotatable bonds is 9. The Hall–Kier alpha value is -3.25. The number of hydrogen-bond donors (Lipinski definition) is 0. The van der Waals surface area contributed by atoms with Gasteiger partial charge in [-0.2, -0.15) is 0 Å². The van der Waals surface area contributed by atoms with E-state index < -0.39 is 0 Å². The molecule has 0 aliphatic heterocycles. The van der Waals surface area contributed by atoms with Crippen LogP contribution in [0, 0.1) is 0 Å². The average molecular weight is 424 g/mol. The predicted octanol–water partition coefficient (Wildman–Crippen LogP) is 5.02. The summed E-state index contributed by atoms with van der Waals surface area (Å²) in [5.74, 6) is 1.96. The van der Waals surface area contributed by atoms with Crippen LogP contribution in [0.15, 0.2) is 66.1 Å². The number of para-hydroxylation sites is 1. The molecule has 1 heterocycles. The Balaban J connectivity index is 1.82. The molecule has 6 heteroatoms. The van der Waals surface area contributed by atoms with Crippen molar-refractivity contribution in [3.63, 3.8) is 0 Å². The summed E-state index contributed by atoms with van der Waals surface area (Å²) >= 11 is 1.63. The summed E-state index contributed by atoms with van der Waals surface area (Å²) in [7, 11) is 4.82. The predicted molar refractivity (Wildman–Crippen MR) is 120 cm³/mol. The number of thiophene rings is 1. The van der Waals surface area contributed by atoms with Gasteiger partial charge in [0.1, 0.15) is 5.75 Å². The SMILES string of the molecule is COc1ccccc1CN(Cc1cccs1)C(=O)C=Cc1ccc(OC)c(OC)c1. The number of ether oxygens (including phenoxy) is 3. The van der Waals surface area contributed by atoms with Gasteiger partial charge in [0.25, 0.3) is 0 Å². The maximum absolute atomic E-state index is 13.1. The monoisotopic (exact) mass is 423 g/mol. The van der Waals surface area contributed by atoms with E-state index in [9.17, 15) is 4.79 Å².